The minimum absolute atomic E-state index is 0.00972. The zero-order valence-electron chi connectivity index (χ0n) is 29.1. The van der Waals surface area contributed by atoms with Crippen LogP contribution in [0.25, 0.3) is 6.08 Å². The highest BCUT2D eigenvalue weighted by Gasteiger charge is 2.78. The molecule has 2 amide bonds. The number of ether oxygens (including phenoxy) is 4. The van der Waals surface area contributed by atoms with Crippen molar-refractivity contribution < 1.29 is 61.2 Å². The van der Waals surface area contributed by atoms with E-state index < -0.39 is 72.3 Å². The van der Waals surface area contributed by atoms with Gasteiger partial charge in [0.2, 0.25) is 5.91 Å². The zero-order chi connectivity index (χ0) is 37.8. The molecule has 3 saturated heterocycles. The van der Waals surface area contributed by atoms with Crippen LogP contribution in [-0.2, 0) is 51.3 Å². The third kappa shape index (κ3) is 6.89. The number of carbonyl (C=O) groups excluding carboxylic acids is 4. The van der Waals surface area contributed by atoms with Gasteiger partial charge in [-0.15, -0.1) is 0 Å². The van der Waals surface area contributed by atoms with Crippen molar-refractivity contribution in [2.24, 2.45) is 17.3 Å². The van der Waals surface area contributed by atoms with Gasteiger partial charge in [-0.25, -0.2) is 4.79 Å². The number of aliphatic hydroxyl groups excluding tert-OH is 1. The van der Waals surface area contributed by atoms with Gasteiger partial charge in [0.15, 0.2) is 18.4 Å². The van der Waals surface area contributed by atoms with Gasteiger partial charge >= 0.3 is 18.1 Å². The molecule has 6 unspecified atom stereocenters. The van der Waals surface area contributed by atoms with E-state index in [9.17, 15) is 32.3 Å². The summed E-state index contributed by atoms with van der Waals surface area (Å²) >= 11 is 0. The van der Waals surface area contributed by atoms with Crippen molar-refractivity contribution in [3.8, 4) is 0 Å². The van der Waals surface area contributed by atoms with Crippen LogP contribution >= 0.6 is 0 Å². The van der Waals surface area contributed by atoms with Crippen molar-refractivity contribution in [3.05, 3.63) is 76.9 Å². The van der Waals surface area contributed by atoms with Crippen LogP contribution in [0, 0.1) is 17.3 Å². The van der Waals surface area contributed by atoms with Crippen molar-refractivity contribution in [2.75, 3.05) is 19.8 Å². The first-order valence-electron chi connectivity index (χ1n) is 18.2. The first-order valence-corrected chi connectivity index (χ1v) is 18.2. The third-order valence-electron chi connectivity index (χ3n) is 11.0. The average molecular weight is 756 g/mol. The molecule has 16 heteroatoms. The fourth-order valence-electron chi connectivity index (χ4n) is 8.45. The van der Waals surface area contributed by atoms with Gasteiger partial charge in [-0.05, 0) is 60.6 Å². The molecule has 3 saturated carbocycles. The number of hydrogen-bond acceptors (Lipinski definition) is 11. The van der Waals surface area contributed by atoms with Gasteiger partial charge in [0.25, 0.3) is 5.91 Å². The van der Waals surface area contributed by atoms with Crippen molar-refractivity contribution in [3.63, 3.8) is 0 Å². The van der Waals surface area contributed by atoms with Crippen LogP contribution in [0.15, 0.2) is 54.6 Å². The second-order valence-electron chi connectivity index (χ2n) is 14.8. The highest BCUT2D eigenvalue weighted by molar-refractivity contribution is 5.95. The number of halogens is 3. The first-order chi connectivity index (χ1) is 25.9. The maximum Gasteiger partial charge on any atom is 0.422 e. The van der Waals surface area contributed by atoms with E-state index in [0.29, 0.717) is 22.3 Å². The molecule has 3 aliphatic carbocycles. The SMILES string of the molecule is O=C(C=Cc1cccc(CN2OC3C4OC(C5CC5)(C5CC5)OC4C4CC3(C(=O)NCc3cccc(C(=O)NCCO)c3)C2C(=O)O4)c1)OCC(F)(F)F. The topological polar surface area (TPSA) is 162 Å². The van der Waals surface area contributed by atoms with Crippen LogP contribution < -0.4 is 10.6 Å². The maximum absolute atomic E-state index is 14.7. The summed E-state index contributed by atoms with van der Waals surface area (Å²) in [4.78, 5) is 59.8. The standard InChI is InChI=1S/C38H40F3N3O10/c39-37(40,41)20-50-28(46)12-7-21-3-1-5-23(15-21)19-44-31-34(48)51-27-17-36(31,35(49)43-18-22-4-2-6-24(16-22)33(47)42-13-14-45)32(54-44)30-29(27)52-38(53-30,25-8-9-25)26-10-11-26/h1-7,12,15-16,25-27,29-32,45H,8-11,13-14,17-20H2,(H,42,47)(H,43,49). The molecule has 2 aromatic rings. The number of fused-ring (bicyclic) bond motifs is 4. The van der Waals surface area contributed by atoms with Crippen molar-refractivity contribution in [1.29, 1.82) is 0 Å². The Kier molecular flexibility index (Phi) is 9.53. The van der Waals surface area contributed by atoms with Crippen molar-refractivity contribution >= 4 is 29.8 Å². The van der Waals surface area contributed by atoms with Gasteiger partial charge in [0.1, 0.15) is 29.8 Å². The molecule has 3 N–H and O–H groups in total. The number of hydrogen-bond donors (Lipinski definition) is 3. The number of amides is 2. The Morgan fingerprint density at radius 1 is 0.981 bits per heavy atom. The Morgan fingerprint density at radius 3 is 2.43 bits per heavy atom. The summed E-state index contributed by atoms with van der Waals surface area (Å²) in [6.07, 6.45) is -1.54. The van der Waals surface area contributed by atoms with E-state index in [1.54, 1.807) is 48.5 Å². The molecule has 2 bridgehead atoms. The lowest BCUT2D eigenvalue weighted by Crippen LogP contribution is -2.69. The minimum Gasteiger partial charge on any atom is -0.458 e. The summed E-state index contributed by atoms with van der Waals surface area (Å²) in [7, 11) is 0. The number of esters is 2. The molecule has 13 nitrogen and oxygen atoms in total. The van der Waals surface area contributed by atoms with E-state index in [1.165, 1.54) is 11.1 Å². The predicted octanol–water partition coefficient (Wildman–Crippen LogP) is 2.94. The summed E-state index contributed by atoms with van der Waals surface area (Å²) in [6, 6.07) is 12.3. The quantitative estimate of drug-likeness (QED) is 0.204. The van der Waals surface area contributed by atoms with Crippen LogP contribution in [0.3, 0.4) is 0 Å². The van der Waals surface area contributed by atoms with Gasteiger partial charge in [0.05, 0.1) is 13.2 Å². The fraction of sp³-hybridized carbons (Fsp3) is 0.526. The Labute approximate surface area is 308 Å². The number of benzene rings is 2. The number of nitrogens with zero attached hydrogens (tertiary/aromatic N) is 1. The largest absolute Gasteiger partial charge is 0.458 e. The number of carbonyl (C=O) groups is 4. The third-order valence-corrected chi connectivity index (χ3v) is 11.0. The number of rotatable bonds is 13. The number of aliphatic hydroxyl groups is 1. The van der Waals surface area contributed by atoms with E-state index in [1.807, 2.05) is 0 Å². The van der Waals surface area contributed by atoms with E-state index in [-0.39, 0.29) is 50.4 Å². The van der Waals surface area contributed by atoms with Gasteiger partial charge < -0.3 is 34.7 Å². The molecule has 0 spiro atoms. The molecular weight excluding hydrogens is 715 g/mol. The zero-order valence-corrected chi connectivity index (χ0v) is 29.1. The lowest BCUT2D eigenvalue weighted by molar-refractivity contribution is -0.235. The predicted molar refractivity (Wildman–Crippen MR) is 179 cm³/mol. The second kappa shape index (κ2) is 14.1. The molecule has 3 heterocycles. The van der Waals surface area contributed by atoms with Crippen LogP contribution in [0.1, 0.15) is 59.2 Å². The van der Waals surface area contributed by atoms with Gasteiger partial charge in [-0.3, -0.25) is 19.2 Å². The molecule has 2 aromatic carbocycles. The Balaban J connectivity index is 1.06. The normalized spacial score (nSPS) is 29.8. The van der Waals surface area contributed by atoms with Crippen molar-refractivity contribution in [1.82, 2.24) is 15.7 Å². The Hall–Kier alpha value is -4.35. The fourth-order valence-corrected chi connectivity index (χ4v) is 8.45. The summed E-state index contributed by atoms with van der Waals surface area (Å²) in [5.41, 5.74) is 0.646. The summed E-state index contributed by atoms with van der Waals surface area (Å²) < 4.78 is 61.4. The average Bonchev–Trinajstić information content (AvgIpc) is 4.10. The van der Waals surface area contributed by atoms with Crippen LogP contribution in [-0.4, -0.2) is 96.1 Å². The molecule has 6 atom stereocenters. The number of nitrogens with one attached hydrogen (secondary N) is 2. The minimum atomic E-state index is -4.65. The van der Waals surface area contributed by atoms with E-state index in [2.05, 4.69) is 15.4 Å². The second-order valence-corrected chi connectivity index (χ2v) is 14.8. The molecule has 6 fully saturated rings. The molecule has 54 heavy (non-hydrogen) atoms. The first kappa shape index (κ1) is 36.6. The monoisotopic (exact) mass is 755 g/mol. The van der Waals surface area contributed by atoms with E-state index in [0.717, 1.165) is 31.8 Å². The maximum atomic E-state index is 14.7. The van der Waals surface area contributed by atoms with Gasteiger partial charge in [0, 0.05) is 43.0 Å². The smallest absolute Gasteiger partial charge is 0.422 e. The summed E-state index contributed by atoms with van der Waals surface area (Å²) in [5.74, 6) is -3.04. The van der Waals surface area contributed by atoms with Crippen LogP contribution in [0.5, 0.6) is 0 Å². The molecule has 288 valence electrons. The molecule has 0 aromatic heterocycles. The molecule has 6 aliphatic rings. The number of hydroxylamine groups is 2. The lowest BCUT2D eigenvalue weighted by Gasteiger charge is -2.48. The molecule has 0 radical (unpaired) electrons. The van der Waals surface area contributed by atoms with Crippen molar-refractivity contribution in [2.45, 2.75) is 87.6 Å². The van der Waals surface area contributed by atoms with Gasteiger partial charge in [-0.1, -0.05) is 36.4 Å². The van der Waals surface area contributed by atoms with Crippen LogP contribution in [0.4, 0.5) is 13.2 Å². The highest BCUT2D eigenvalue weighted by atomic mass is 19.4. The van der Waals surface area contributed by atoms with E-state index in [4.69, 9.17) is 24.2 Å². The summed E-state index contributed by atoms with van der Waals surface area (Å²) in [5, 5.41) is 16.1. The lowest BCUT2D eigenvalue weighted by atomic mass is 9.62. The van der Waals surface area contributed by atoms with Crippen LogP contribution in [0.2, 0.25) is 0 Å². The Morgan fingerprint density at radius 2 is 1.70 bits per heavy atom. The Bertz CT molecular complexity index is 1840. The van der Waals surface area contributed by atoms with Gasteiger partial charge in [-0.2, -0.15) is 18.2 Å². The molecule has 8 rings (SSSR count). The highest BCUT2D eigenvalue weighted by Crippen LogP contribution is 2.63. The number of alkyl halides is 3. The molecular formula is C38H40F3N3O10. The summed E-state index contributed by atoms with van der Waals surface area (Å²) in [6.45, 7) is -1.77. The molecule has 3 aliphatic heterocycles. The van der Waals surface area contributed by atoms with E-state index >= 15 is 0 Å².